The zero-order chi connectivity index (χ0) is 12.5. The van der Waals surface area contributed by atoms with Gasteiger partial charge in [-0.1, -0.05) is 26.2 Å². The van der Waals surface area contributed by atoms with Gasteiger partial charge in [0.15, 0.2) is 0 Å². The van der Waals surface area contributed by atoms with Crippen molar-refractivity contribution in [1.29, 1.82) is 0 Å². The quantitative estimate of drug-likeness (QED) is 0.747. The second-order valence-electron chi connectivity index (χ2n) is 7.61. The van der Waals surface area contributed by atoms with Crippen LogP contribution >= 0.6 is 0 Å². The van der Waals surface area contributed by atoms with Gasteiger partial charge in [-0.15, -0.1) is 0 Å². The van der Waals surface area contributed by atoms with Crippen LogP contribution in [0.25, 0.3) is 0 Å². The Bertz CT molecular complexity index is 263. The van der Waals surface area contributed by atoms with Gasteiger partial charge in [0.05, 0.1) is 0 Å². The maximum Gasteiger partial charge on any atom is 0.00677 e. The molecular weight excluding hydrogens is 218 g/mol. The average molecular weight is 249 g/mol. The van der Waals surface area contributed by atoms with Gasteiger partial charge in [0, 0.05) is 12.6 Å². The van der Waals surface area contributed by atoms with Crippen molar-refractivity contribution in [3.63, 3.8) is 0 Å². The molecule has 0 heterocycles. The van der Waals surface area contributed by atoms with Crippen molar-refractivity contribution in [3.05, 3.63) is 0 Å². The van der Waals surface area contributed by atoms with E-state index >= 15 is 0 Å². The van der Waals surface area contributed by atoms with Crippen LogP contribution < -0.4 is 5.32 Å². The minimum absolute atomic E-state index is 0.733. The Hall–Kier alpha value is -0.0400. The molecule has 3 fully saturated rings. The number of nitrogens with one attached hydrogen (secondary N) is 1. The molecular formula is C17H31N. The van der Waals surface area contributed by atoms with E-state index in [2.05, 4.69) is 12.2 Å². The van der Waals surface area contributed by atoms with Crippen LogP contribution in [0.15, 0.2) is 0 Å². The number of hydrogen-bond acceptors (Lipinski definition) is 1. The van der Waals surface area contributed by atoms with Gasteiger partial charge < -0.3 is 5.32 Å². The molecule has 1 nitrogen and oxygen atoms in total. The molecule has 3 aliphatic rings. The third kappa shape index (κ3) is 2.76. The van der Waals surface area contributed by atoms with E-state index < -0.39 is 0 Å². The van der Waals surface area contributed by atoms with Crippen LogP contribution in [0.5, 0.6) is 0 Å². The Morgan fingerprint density at radius 1 is 0.944 bits per heavy atom. The highest BCUT2D eigenvalue weighted by molar-refractivity contribution is 4.96. The van der Waals surface area contributed by atoms with E-state index in [0.29, 0.717) is 0 Å². The first-order valence-corrected chi connectivity index (χ1v) is 8.49. The summed E-state index contributed by atoms with van der Waals surface area (Å²) in [5.74, 6) is 0. The SMILES string of the molecule is CCCC1(CNC2CCC3(CCCC3)CC2)CC1. The summed E-state index contributed by atoms with van der Waals surface area (Å²) >= 11 is 0. The molecule has 1 spiro atoms. The molecule has 0 aromatic rings. The highest BCUT2D eigenvalue weighted by atomic mass is 14.9. The molecule has 3 saturated carbocycles. The molecule has 104 valence electrons. The standard InChI is InChI=1S/C17H31N/c1-2-7-17(12-13-17)14-18-15-5-10-16(11-6-15)8-3-4-9-16/h15,18H,2-14H2,1H3. The highest BCUT2D eigenvalue weighted by Gasteiger charge is 2.42. The summed E-state index contributed by atoms with van der Waals surface area (Å²) in [6, 6.07) is 0.852. The van der Waals surface area contributed by atoms with E-state index in [1.807, 2.05) is 0 Å². The lowest BCUT2D eigenvalue weighted by Crippen LogP contribution is -2.39. The van der Waals surface area contributed by atoms with Crippen molar-refractivity contribution < 1.29 is 0 Å². The normalized spacial score (nSPS) is 29.8. The summed E-state index contributed by atoms with van der Waals surface area (Å²) in [5.41, 5.74) is 1.54. The minimum Gasteiger partial charge on any atom is -0.313 e. The van der Waals surface area contributed by atoms with E-state index in [4.69, 9.17) is 0 Å². The molecule has 0 aliphatic heterocycles. The topological polar surface area (TPSA) is 12.0 Å². The lowest BCUT2D eigenvalue weighted by molar-refractivity contribution is 0.164. The van der Waals surface area contributed by atoms with Crippen molar-refractivity contribution in [3.8, 4) is 0 Å². The molecule has 18 heavy (non-hydrogen) atoms. The first kappa shape index (κ1) is 13.0. The zero-order valence-electron chi connectivity index (χ0n) is 12.3. The predicted molar refractivity (Wildman–Crippen MR) is 77.7 cm³/mol. The highest BCUT2D eigenvalue weighted by Crippen LogP contribution is 2.51. The Morgan fingerprint density at radius 2 is 1.61 bits per heavy atom. The van der Waals surface area contributed by atoms with Crippen LogP contribution in [-0.2, 0) is 0 Å². The van der Waals surface area contributed by atoms with Crippen LogP contribution in [0.1, 0.15) is 84.0 Å². The molecule has 0 aromatic carbocycles. The second-order valence-corrected chi connectivity index (χ2v) is 7.61. The molecule has 3 aliphatic carbocycles. The second kappa shape index (κ2) is 5.15. The Labute approximate surface area is 113 Å². The number of hydrogen-bond donors (Lipinski definition) is 1. The molecule has 0 radical (unpaired) electrons. The van der Waals surface area contributed by atoms with Gasteiger partial charge in [-0.3, -0.25) is 0 Å². The van der Waals surface area contributed by atoms with E-state index in [-0.39, 0.29) is 0 Å². The van der Waals surface area contributed by atoms with Gasteiger partial charge in [-0.05, 0) is 68.6 Å². The molecule has 0 saturated heterocycles. The van der Waals surface area contributed by atoms with Crippen molar-refractivity contribution in [2.24, 2.45) is 10.8 Å². The van der Waals surface area contributed by atoms with Crippen molar-refractivity contribution in [2.75, 3.05) is 6.54 Å². The van der Waals surface area contributed by atoms with E-state index in [1.54, 1.807) is 12.8 Å². The Morgan fingerprint density at radius 3 is 2.17 bits per heavy atom. The molecule has 3 rings (SSSR count). The van der Waals surface area contributed by atoms with Crippen LogP contribution in [0.2, 0.25) is 0 Å². The number of rotatable bonds is 5. The summed E-state index contributed by atoms with van der Waals surface area (Å²) < 4.78 is 0. The molecule has 0 unspecified atom stereocenters. The minimum atomic E-state index is 0.733. The monoisotopic (exact) mass is 249 g/mol. The van der Waals surface area contributed by atoms with E-state index in [0.717, 1.165) is 16.9 Å². The summed E-state index contributed by atoms with van der Waals surface area (Å²) in [4.78, 5) is 0. The third-order valence-corrected chi connectivity index (χ3v) is 6.21. The van der Waals surface area contributed by atoms with Crippen LogP contribution in [0, 0.1) is 10.8 Å². The molecule has 0 bridgehead atoms. The molecule has 0 atom stereocenters. The molecule has 0 amide bonds. The Balaban J connectivity index is 1.40. The largest absolute Gasteiger partial charge is 0.313 e. The zero-order valence-corrected chi connectivity index (χ0v) is 12.3. The van der Waals surface area contributed by atoms with E-state index in [9.17, 15) is 0 Å². The van der Waals surface area contributed by atoms with Gasteiger partial charge in [0.2, 0.25) is 0 Å². The van der Waals surface area contributed by atoms with Gasteiger partial charge in [-0.2, -0.15) is 0 Å². The summed E-state index contributed by atoms with van der Waals surface area (Å²) in [7, 11) is 0. The first-order chi connectivity index (χ1) is 8.76. The fourth-order valence-corrected chi connectivity index (χ4v) is 4.64. The van der Waals surface area contributed by atoms with Gasteiger partial charge in [0.25, 0.3) is 0 Å². The Kier molecular flexibility index (Phi) is 3.71. The summed E-state index contributed by atoms with van der Waals surface area (Å²) in [6.45, 7) is 3.66. The van der Waals surface area contributed by atoms with Crippen molar-refractivity contribution in [1.82, 2.24) is 5.32 Å². The maximum absolute atomic E-state index is 3.92. The average Bonchev–Trinajstić information content (AvgIpc) is 3.01. The van der Waals surface area contributed by atoms with Gasteiger partial charge in [0.1, 0.15) is 0 Å². The lowest BCUT2D eigenvalue weighted by Gasteiger charge is -2.38. The van der Waals surface area contributed by atoms with E-state index in [1.165, 1.54) is 70.8 Å². The molecule has 1 heteroatoms. The van der Waals surface area contributed by atoms with Crippen molar-refractivity contribution >= 4 is 0 Å². The van der Waals surface area contributed by atoms with Crippen LogP contribution in [-0.4, -0.2) is 12.6 Å². The fourth-order valence-electron chi connectivity index (χ4n) is 4.64. The molecule has 0 aromatic heterocycles. The van der Waals surface area contributed by atoms with Crippen molar-refractivity contribution in [2.45, 2.75) is 90.0 Å². The first-order valence-electron chi connectivity index (χ1n) is 8.49. The smallest absolute Gasteiger partial charge is 0.00677 e. The third-order valence-electron chi connectivity index (χ3n) is 6.21. The lowest BCUT2D eigenvalue weighted by atomic mass is 9.71. The van der Waals surface area contributed by atoms with Crippen LogP contribution in [0.3, 0.4) is 0 Å². The predicted octanol–water partition coefficient (Wildman–Crippen LogP) is 4.66. The molecule has 1 N–H and O–H groups in total. The van der Waals surface area contributed by atoms with Gasteiger partial charge >= 0.3 is 0 Å². The maximum atomic E-state index is 3.92. The summed E-state index contributed by atoms with van der Waals surface area (Å²) in [6.07, 6.45) is 17.9. The van der Waals surface area contributed by atoms with Gasteiger partial charge in [-0.25, -0.2) is 0 Å². The summed E-state index contributed by atoms with van der Waals surface area (Å²) in [5, 5.41) is 3.92. The van der Waals surface area contributed by atoms with Crippen LogP contribution in [0.4, 0.5) is 0 Å². The fraction of sp³-hybridized carbons (Fsp3) is 1.00.